The molecule has 7 aromatic carbocycles. The van der Waals surface area contributed by atoms with E-state index >= 15 is 0 Å². The molecule has 0 bridgehead atoms. The van der Waals surface area contributed by atoms with Gasteiger partial charge in [-0.05, 0) is 195 Å². The van der Waals surface area contributed by atoms with Crippen molar-refractivity contribution in [3.8, 4) is 11.1 Å². The highest BCUT2D eigenvalue weighted by molar-refractivity contribution is 7.32. The van der Waals surface area contributed by atoms with Gasteiger partial charge in [-0.15, -0.1) is 22.7 Å². The lowest BCUT2D eigenvalue weighted by atomic mass is 9.46. The summed E-state index contributed by atoms with van der Waals surface area (Å²) < 4.78 is 12.9. The molecule has 0 spiro atoms. The molecule has 6 heteroatoms. The van der Waals surface area contributed by atoms with Gasteiger partial charge >= 0.3 is 6.85 Å². The van der Waals surface area contributed by atoms with E-state index in [0.717, 1.165) is 23.0 Å². The van der Waals surface area contributed by atoms with E-state index in [1.54, 1.807) is 0 Å². The van der Waals surface area contributed by atoms with E-state index in [0.29, 0.717) is 0 Å². The largest absolute Gasteiger partial charge is 0.454 e. The van der Waals surface area contributed by atoms with Crippen LogP contribution < -0.4 is 20.0 Å². The summed E-state index contributed by atoms with van der Waals surface area (Å²) in [7, 11) is 0. The molecule has 0 amide bonds. The molecule has 0 fully saturated rings. The van der Waals surface area contributed by atoms with Gasteiger partial charge in [0.15, 0.2) is 5.58 Å². The van der Waals surface area contributed by atoms with E-state index in [1.165, 1.54) is 156 Å². The van der Waals surface area contributed by atoms with E-state index in [4.69, 9.17) is 4.42 Å². The van der Waals surface area contributed by atoms with Gasteiger partial charge in [0, 0.05) is 68.4 Å². The first kappa shape index (κ1) is 46.5. The highest BCUT2D eigenvalue weighted by atomic mass is 32.1. The van der Waals surface area contributed by atoms with Crippen molar-refractivity contribution in [3.63, 3.8) is 0 Å². The van der Waals surface area contributed by atoms with Crippen LogP contribution in [0.15, 0.2) is 114 Å². The highest BCUT2D eigenvalue weighted by Gasteiger charge is 2.50. The molecule has 0 saturated carbocycles. The van der Waals surface area contributed by atoms with Gasteiger partial charge in [0.05, 0.1) is 11.4 Å². The van der Waals surface area contributed by atoms with Crippen molar-refractivity contribution < 1.29 is 4.42 Å². The van der Waals surface area contributed by atoms with Crippen molar-refractivity contribution in [1.29, 1.82) is 0 Å². The zero-order chi connectivity index (χ0) is 51.8. The third-order valence-corrected chi connectivity index (χ3v) is 22.4. The second-order valence-electron chi connectivity index (χ2n) is 27.7. The summed E-state index contributed by atoms with van der Waals surface area (Å²) in [6.45, 7) is 32.0. The molecule has 0 unspecified atom stereocenters. The van der Waals surface area contributed by atoms with Crippen LogP contribution in [0.2, 0.25) is 0 Å². The Balaban J connectivity index is 1.12. The molecule has 0 atom stereocenters. The number of anilines is 5. The maximum Gasteiger partial charge on any atom is 0.343 e. The molecule has 5 aliphatic rings. The van der Waals surface area contributed by atoms with E-state index < -0.39 is 0 Å². The minimum atomic E-state index is -0.127. The van der Waals surface area contributed by atoms with Crippen LogP contribution in [0.4, 0.5) is 28.4 Å². The number of nitrogens with zero attached hydrogens (tertiary/aromatic N) is 2. The maximum atomic E-state index is 7.43. The summed E-state index contributed by atoms with van der Waals surface area (Å²) in [5.41, 5.74) is 22.9. The standard InChI is InChI=1S/C69H69BN2OS2/c1-38-29-47-50(67(8,9)26-23-64(47,2)3)34-53(38)71-60-46-33-49-52(69(12,13)28-25-66(49,6)7)36-57(46)75-63(60)70-59-44(31-45-40-21-17-18-22-55(40)73-62(45)61(59)71)41-30-42-43-32-48-51(68(10,11)27-24-65(48,4)5)35-56(43)74-58(42)37-54(41)72(70)39-19-15-14-16-20-39/h14-22,29-37H,23-28H2,1-13H3. The number of hydrogen-bond donors (Lipinski definition) is 0. The van der Waals surface area contributed by atoms with Crippen molar-refractivity contribution in [3.05, 3.63) is 148 Å². The first-order chi connectivity index (χ1) is 35.5. The van der Waals surface area contributed by atoms with Crippen LogP contribution in [0.1, 0.15) is 161 Å². The number of hydrogen-bond acceptors (Lipinski definition) is 5. The quantitative estimate of drug-likeness (QED) is 0.161. The van der Waals surface area contributed by atoms with Crippen LogP contribution >= 0.6 is 22.7 Å². The van der Waals surface area contributed by atoms with E-state index in [-0.39, 0.29) is 39.3 Å². The topological polar surface area (TPSA) is 19.6 Å². The van der Waals surface area contributed by atoms with Crippen molar-refractivity contribution in [2.24, 2.45) is 0 Å². The third kappa shape index (κ3) is 6.27. The van der Waals surface area contributed by atoms with Gasteiger partial charge in [0.25, 0.3) is 0 Å². The average Bonchev–Trinajstić information content (AvgIpc) is 4.13. The van der Waals surface area contributed by atoms with Crippen LogP contribution in [0, 0.1) is 6.92 Å². The molecule has 2 aliphatic heterocycles. The minimum absolute atomic E-state index is 0.0204. The van der Waals surface area contributed by atoms with Crippen LogP contribution in [0.5, 0.6) is 0 Å². The van der Waals surface area contributed by atoms with Gasteiger partial charge in [-0.3, -0.25) is 0 Å². The van der Waals surface area contributed by atoms with Crippen molar-refractivity contribution in [2.75, 3.05) is 9.71 Å². The molecule has 10 aromatic rings. The van der Waals surface area contributed by atoms with Gasteiger partial charge in [-0.25, -0.2) is 0 Å². The summed E-state index contributed by atoms with van der Waals surface area (Å²) in [6.07, 6.45) is 7.08. The fourth-order valence-corrected chi connectivity index (χ4v) is 17.6. The number of rotatable bonds is 2. The van der Waals surface area contributed by atoms with Gasteiger partial charge in [0.1, 0.15) is 5.58 Å². The Morgan fingerprint density at radius 2 is 0.933 bits per heavy atom. The maximum absolute atomic E-state index is 7.43. The predicted octanol–water partition coefficient (Wildman–Crippen LogP) is 19.2. The predicted molar refractivity (Wildman–Crippen MR) is 326 cm³/mol. The number of furan rings is 1. The van der Waals surface area contributed by atoms with E-state index in [2.05, 4.69) is 209 Å². The highest BCUT2D eigenvalue weighted by Crippen LogP contribution is 2.59. The van der Waals surface area contributed by atoms with Crippen molar-refractivity contribution >= 4 is 120 Å². The number of fused-ring (bicyclic) bond motifs is 16. The minimum Gasteiger partial charge on any atom is -0.454 e. The summed E-state index contributed by atoms with van der Waals surface area (Å²) in [4.78, 5) is 5.49. The molecule has 3 nitrogen and oxygen atoms in total. The van der Waals surface area contributed by atoms with Gasteiger partial charge in [-0.1, -0.05) is 126 Å². The first-order valence-electron chi connectivity index (χ1n) is 28.0. The SMILES string of the molecule is Cc1cc2c(cc1N1c3c(sc4cc5c(cc34)C(C)(C)CCC5(C)C)B3c4c(cc5c(oc6ccccc65)c41)-c1cc4c(cc1N3c1ccccc1)sc1cc3c(cc14)C(C)(C)CCC3(C)C)C(C)(C)CCC2(C)C. The third-order valence-electron chi connectivity index (χ3n) is 20.1. The zero-order valence-electron chi connectivity index (χ0n) is 46.3. The smallest absolute Gasteiger partial charge is 0.343 e. The zero-order valence-corrected chi connectivity index (χ0v) is 48.0. The molecular weight excluding hydrogens is 948 g/mol. The number of aryl methyl sites for hydroxylation is 1. The summed E-state index contributed by atoms with van der Waals surface area (Å²) in [6, 6.07) is 43.5. The van der Waals surface area contributed by atoms with Gasteiger partial charge in [0.2, 0.25) is 0 Å². The lowest BCUT2D eigenvalue weighted by Gasteiger charge is -2.46. The fraction of sp³-hybridized carbons (Fsp3) is 0.362. The monoisotopic (exact) mass is 1020 g/mol. The first-order valence-corrected chi connectivity index (χ1v) is 29.6. The van der Waals surface area contributed by atoms with E-state index in [1.807, 2.05) is 22.7 Å². The molecule has 376 valence electrons. The Morgan fingerprint density at radius 1 is 0.440 bits per heavy atom. The molecule has 0 radical (unpaired) electrons. The molecule has 3 aromatic heterocycles. The molecule has 0 saturated heterocycles. The number of benzene rings is 7. The Morgan fingerprint density at radius 3 is 1.56 bits per heavy atom. The van der Waals surface area contributed by atoms with Gasteiger partial charge in [-0.2, -0.15) is 0 Å². The molecule has 5 heterocycles. The Bertz CT molecular complexity index is 4170. The Kier molecular flexibility index (Phi) is 9.18. The molecule has 75 heavy (non-hydrogen) atoms. The number of para-hydroxylation sites is 2. The molecular formula is C69H69BN2OS2. The van der Waals surface area contributed by atoms with Gasteiger partial charge < -0.3 is 14.1 Å². The van der Waals surface area contributed by atoms with Crippen molar-refractivity contribution in [2.45, 2.75) is 161 Å². The number of thiophene rings is 2. The fourth-order valence-electron chi connectivity index (χ4n) is 15.1. The van der Waals surface area contributed by atoms with Crippen LogP contribution in [0.3, 0.4) is 0 Å². The van der Waals surface area contributed by atoms with Crippen LogP contribution in [-0.4, -0.2) is 6.85 Å². The lowest BCUT2D eigenvalue weighted by molar-refractivity contribution is 0.332. The summed E-state index contributed by atoms with van der Waals surface area (Å²) in [5.74, 6) is 0. The van der Waals surface area contributed by atoms with Crippen LogP contribution in [0.25, 0.3) is 63.3 Å². The summed E-state index contributed by atoms with van der Waals surface area (Å²) >= 11 is 4.02. The average molecular weight is 1020 g/mol. The second kappa shape index (κ2) is 14.8. The van der Waals surface area contributed by atoms with Crippen LogP contribution in [-0.2, 0) is 32.5 Å². The molecule has 3 aliphatic carbocycles. The van der Waals surface area contributed by atoms with Crippen molar-refractivity contribution in [1.82, 2.24) is 0 Å². The normalized spacial score (nSPS) is 20.0. The van der Waals surface area contributed by atoms with E-state index in [9.17, 15) is 0 Å². The Hall–Kier alpha value is -5.82. The lowest BCUT2D eigenvalue weighted by Crippen LogP contribution is -2.60. The molecule has 15 rings (SSSR count). The second-order valence-corrected chi connectivity index (χ2v) is 29.8. The Labute approximate surface area is 452 Å². The molecule has 0 N–H and O–H groups in total. The summed E-state index contributed by atoms with van der Waals surface area (Å²) in [5, 5.41) is 6.44.